The summed E-state index contributed by atoms with van der Waals surface area (Å²) in [6, 6.07) is 9.65. The summed E-state index contributed by atoms with van der Waals surface area (Å²) in [5.74, 6) is 0. The second-order valence-corrected chi connectivity index (χ2v) is 4.30. The van der Waals surface area contributed by atoms with Crippen molar-refractivity contribution in [2.45, 2.75) is 6.18 Å². The summed E-state index contributed by atoms with van der Waals surface area (Å²) in [5, 5.41) is 22.4. The van der Waals surface area contributed by atoms with E-state index in [2.05, 4.69) is 5.32 Å². The summed E-state index contributed by atoms with van der Waals surface area (Å²) in [4.78, 5) is 10.0. The van der Waals surface area contributed by atoms with Crippen LogP contribution >= 0.6 is 0 Å². The average molecular weight is 307 g/mol. The molecular weight excluding hydrogens is 299 g/mol. The molecule has 0 atom stereocenters. The minimum atomic E-state index is -4.43. The first-order valence-corrected chi connectivity index (χ1v) is 5.94. The van der Waals surface area contributed by atoms with Crippen molar-refractivity contribution < 1.29 is 18.1 Å². The number of rotatable bonds is 3. The first kappa shape index (κ1) is 15.3. The van der Waals surface area contributed by atoms with Crippen molar-refractivity contribution >= 4 is 17.1 Å². The molecule has 2 aromatic carbocycles. The monoisotopic (exact) mass is 307 g/mol. The Morgan fingerprint density at radius 3 is 2.27 bits per heavy atom. The SMILES string of the molecule is N#Cc1cc([N+](=O)[O-])ccc1Nc1ccc(C(F)(F)F)cc1. The summed E-state index contributed by atoms with van der Waals surface area (Å²) < 4.78 is 37.4. The molecule has 22 heavy (non-hydrogen) atoms. The van der Waals surface area contributed by atoms with E-state index in [0.29, 0.717) is 5.69 Å². The largest absolute Gasteiger partial charge is 0.416 e. The minimum absolute atomic E-state index is 0.0223. The fourth-order valence-corrected chi connectivity index (χ4v) is 1.75. The lowest BCUT2D eigenvalue weighted by Gasteiger charge is -2.10. The number of hydrogen-bond acceptors (Lipinski definition) is 4. The second kappa shape index (κ2) is 5.73. The number of benzene rings is 2. The molecule has 0 aliphatic carbocycles. The zero-order valence-corrected chi connectivity index (χ0v) is 10.9. The molecule has 2 rings (SSSR count). The van der Waals surface area contributed by atoms with E-state index >= 15 is 0 Å². The summed E-state index contributed by atoms with van der Waals surface area (Å²) >= 11 is 0. The minimum Gasteiger partial charge on any atom is -0.354 e. The molecule has 0 fully saturated rings. The third-order valence-corrected chi connectivity index (χ3v) is 2.83. The molecule has 0 heterocycles. The van der Waals surface area contributed by atoms with Crippen molar-refractivity contribution in [3.05, 3.63) is 63.7 Å². The number of hydrogen-bond donors (Lipinski definition) is 1. The Morgan fingerprint density at radius 1 is 1.14 bits per heavy atom. The van der Waals surface area contributed by atoms with Gasteiger partial charge in [-0.2, -0.15) is 18.4 Å². The van der Waals surface area contributed by atoms with Gasteiger partial charge in [-0.3, -0.25) is 10.1 Å². The zero-order chi connectivity index (χ0) is 16.3. The van der Waals surface area contributed by atoms with Gasteiger partial charge in [-0.15, -0.1) is 0 Å². The van der Waals surface area contributed by atoms with Gasteiger partial charge in [-0.05, 0) is 30.3 Å². The molecule has 0 aromatic heterocycles. The highest BCUT2D eigenvalue weighted by molar-refractivity contribution is 5.68. The molecule has 2 aromatic rings. The van der Waals surface area contributed by atoms with Crippen molar-refractivity contribution in [2.24, 2.45) is 0 Å². The van der Waals surface area contributed by atoms with Crippen molar-refractivity contribution in [2.75, 3.05) is 5.32 Å². The molecule has 0 aliphatic heterocycles. The van der Waals surface area contributed by atoms with Crippen LogP contribution in [0.25, 0.3) is 0 Å². The quantitative estimate of drug-likeness (QED) is 0.680. The van der Waals surface area contributed by atoms with Crippen LogP contribution in [0.1, 0.15) is 11.1 Å². The number of anilines is 2. The lowest BCUT2D eigenvalue weighted by molar-refractivity contribution is -0.384. The number of nitro groups is 1. The topological polar surface area (TPSA) is 79.0 Å². The predicted octanol–water partition coefficient (Wildman–Crippen LogP) is 4.23. The van der Waals surface area contributed by atoms with Crippen LogP contribution in [0.2, 0.25) is 0 Å². The van der Waals surface area contributed by atoms with E-state index in [9.17, 15) is 23.3 Å². The molecule has 0 spiro atoms. The maximum Gasteiger partial charge on any atom is 0.416 e. The Morgan fingerprint density at radius 2 is 1.77 bits per heavy atom. The fraction of sp³-hybridized carbons (Fsp3) is 0.0714. The Hall–Kier alpha value is -3.08. The van der Waals surface area contributed by atoms with E-state index in [1.165, 1.54) is 24.3 Å². The molecule has 0 saturated carbocycles. The van der Waals surface area contributed by atoms with Crippen LogP contribution in [0.15, 0.2) is 42.5 Å². The molecule has 8 heteroatoms. The van der Waals surface area contributed by atoms with Gasteiger partial charge in [0.15, 0.2) is 0 Å². The predicted molar refractivity (Wildman–Crippen MR) is 72.5 cm³/mol. The lowest BCUT2D eigenvalue weighted by Crippen LogP contribution is -2.04. The van der Waals surface area contributed by atoms with Crippen LogP contribution in [0.5, 0.6) is 0 Å². The zero-order valence-electron chi connectivity index (χ0n) is 10.9. The third-order valence-electron chi connectivity index (χ3n) is 2.83. The first-order chi connectivity index (χ1) is 10.3. The van der Waals surface area contributed by atoms with Crippen LogP contribution in [0.3, 0.4) is 0 Å². The summed E-state index contributed by atoms with van der Waals surface area (Å²) in [7, 11) is 0. The maximum atomic E-state index is 12.5. The number of nitrogens with one attached hydrogen (secondary N) is 1. The molecule has 0 unspecified atom stereocenters. The number of non-ortho nitro benzene ring substituents is 1. The summed E-state index contributed by atoms with van der Waals surface area (Å²) in [6.45, 7) is 0. The Kier molecular flexibility index (Phi) is 3.99. The van der Waals surface area contributed by atoms with Crippen molar-refractivity contribution in [3.63, 3.8) is 0 Å². The number of nitrogens with zero attached hydrogens (tertiary/aromatic N) is 2. The Bertz CT molecular complexity index is 749. The smallest absolute Gasteiger partial charge is 0.354 e. The summed E-state index contributed by atoms with van der Waals surface area (Å²) in [6.07, 6.45) is -4.43. The van der Waals surface area contributed by atoms with Crippen LogP contribution < -0.4 is 5.32 Å². The third kappa shape index (κ3) is 3.32. The van der Waals surface area contributed by atoms with Gasteiger partial charge < -0.3 is 5.32 Å². The van der Waals surface area contributed by atoms with E-state index in [4.69, 9.17) is 5.26 Å². The van der Waals surface area contributed by atoms with Gasteiger partial charge in [0.05, 0.1) is 21.7 Å². The average Bonchev–Trinajstić information content (AvgIpc) is 2.47. The second-order valence-electron chi connectivity index (χ2n) is 4.30. The molecular formula is C14H8F3N3O2. The number of halogens is 3. The van der Waals surface area contributed by atoms with Crippen LogP contribution in [0, 0.1) is 21.4 Å². The van der Waals surface area contributed by atoms with Gasteiger partial charge in [-0.25, -0.2) is 0 Å². The Labute approximate surface area is 122 Å². The van der Waals surface area contributed by atoms with Crippen LogP contribution in [0.4, 0.5) is 30.2 Å². The molecule has 0 amide bonds. The molecule has 5 nitrogen and oxygen atoms in total. The molecule has 0 bridgehead atoms. The molecule has 0 radical (unpaired) electrons. The standard InChI is InChI=1S/C14H8F3N3O2/c15-14(16,17)10-1-3-11(4-2-10)19-13-6-5-12(20(21)22)7-9(13)8-18/h1-7,19H. The van der Waals surface area contributed by atoms with Crippen LogP contribution in [-0.2, 0) is 6.18 Å². The van der Waals surface area contributed by atoms with Crippen molar-refractivity contribution in [1.29, 1.82) is 5.26 Å². The van der Waals surface area contributed by atoms with E-state index in [-0.39, 0.29) is 16.9 Å². The highest BCUT2D eigenvalue weighted by atomic mass is 19.4. The number of alkyl halides is 3. The fourth-order valence-electron chi connectivity index (χ4n) is 1.75. The first-order valence-electron chi connectivity index (χ1n) is 5.94. The number of nitriles is 1. The molecule has 1 N–H and O–H groups in total. The van der Waals surface area contributed by atoms with E-state index in [1.807, 2.05) is 0 Å². The normalized spacial score (nSPS) is 10.8. The van der Waals surface area contributed by atoms with E-state index < -0.39 is 16.7 Å². The highest BCUT2D eigenvalue weighted by Crippen LogP contribution is 2.31. The van der Waals surface area contributed by atoms with Gasteiger partial charge in [-0.1, -0.05) is 0 Å². The van der Waals surface area contributed by atoms with Gasteiger partial charge in [0.25, 0.3) is 5.69 Å². The van der Waals surface area contributed by atoms with Gasteiger partial charge in [0.1, 0.15) is 6.07 Å². The highest BCUT2D eigenvalue weighted by Gasteiger charge is 2.29. The van der Waals surface area contributed by atoms with Gasteiger partial charge in [0, 0.05) is 17.8 Å². The molecule has 112 valence electrons. The molecule has 0 aliphatic rings. The van der Waals surface area contributed by atoms with Gasteiger partial charge >= 0.3 is 6.18 Å². The van der Waals surface area contributed by atoms with E-state index in [1.54, 1.807) is 6.07 Å². The lowest BCUT2D eigenvalue weighted by atomic mass is 10.1. The summed E-state index contributed by atoms with van der Waals surface area (Å²) in [5.41, 5.74) is -0.405. The van der Waals surface area contributed by atoms with Crippen molar-refractivity contribution in [1.82, 2.24) is 0 Å². The van der Waals surface area contributed by atoms with E-state index in [0.717, 1.165) is 18.2 Å². The van der Waals surface area contributed by atoms with Gasteiger partial charge in [0.2, 0.25) is 0 Å². The maximum absolute atomic E-state index is 12.5. The van der Waals surface area contributed by atoms with Crippen LogP contribution in [-0.4, -0.2) is 4.92 Å². The Balaban J connectivity index is 2.28. The number of nitro benzene ring substituents is 1. The van der Waals surface area contributed by atoms with Crippen molar-refractivity contribution in [3.8, 4) is 6.07 Å². The molecule has 0 saturated heterocycles.